The highest BCUT2D eigenvalue weighted by Crippen LogP contribution is 2.24. The van der Waals surface area contributed by atoms with Crippen LogP contribution in [0.1, 0.15) is 19.8 Å². The molecule has 0 bridgehead atoms. The van der Waals surface area contributed by atoms with Crippen LogP contribution in [0.2, 0.25) is 0 Å². The van der Waals surface area contributed by atoms with Gasteiger partial charge in [0.05, 0.1) is 0 Å². The summed E-state index contributed by atoms with van der Waals surface area (Å²) < 4.78 is 0. The van der Waals surface area contributed by atoms with Crippen LogP contribution in [0.25, 0.3) is 0 Å². The van der Waals surface area contributed by atoms with Gasteiger partial charge in [0.2, 0.25) is 0 Å². The van der Waals surface area contributed by atoms with E-state index in [1.54, 1.807) is 0 Å². The lowest BCUT2D eigenvalue weighted by atomic mass is 9.84. The lowest BCUT2D eigenvalue weighted by Crippen LogP contribution is -2.15. The molecule has 0 aromatic carbocycles. The average molecular weight is 150 g/mol. The van der Waals surface area contributed by atoms with Gasteiger partial charge in [-0.15, -0.1) is 0 Å². The molecule has 0 fully saturated rings. The van der Waals surface area contributed by atoms with Crippen LogP contribution in [0.5, 0.6) is 0 Å². The third-order valence-electron chi connectivity index (χ3n) is 2.15. The molecule has 0 aromatic heterocycles. The molecular formula is C10H14O. The van der Waals surface area contributed by atoms with Crippen LogP contribution in [0.15, 0.2) is 24.3 Å². The van der Waals surface area contributed by atoms with Gasteiger partial charge in [-0.2, -0.15) is 0 Å². The fourth-order valence-electron chi connectivity index (χ4n) is 1.48. The topological polar surface area (TPSA) is 17.1 Å². The van der Waals surface area contributed by atoms with Gasteiger partial charge in [-0.25, -0.2) is 0 Å². The van der Waals surface area contributed by atoms with Gasteiger partial charge in [0.15, 0.2) is 0 Å². The van der Waals surface area contributed by atoms with Gasteiger partial charge in [-0.05, 0) is 25.7 Å². The molecule has 11 heavy (non-hydrogen) atoms. The van der Waals surface area contributed by atoms with Crippen molar-refractivity contribution in [3.05, 3.63) is 24.3 Å². The van der Waals surface area contributed by atoms with E-state index in [9.17, 15) is 4.79 Å². The van der Waals surface area contributed by atoms with Crippen LogP contribution >= 0.6 is 0 Å². The zero-order chi connectivity index (χ0) is 8.10. The van der Waals surface area contributed by atoms with E-state index in [-0.39, 0.29) is 5.92 Å². The molecule has 0 radical (unpaired) electrons. The van der Waals surface area contributed by atoms with E-state index in [0.717, 1.165) is 19.1 Å². The van der Waals surface area contributed by atoms with E-state index in [1.165, 1.54) is 0 Å². The Kier molecular flexibility index (Phi) is 3.09. The van der Waals surface area contributed by atoms with Gasteiger partial charge in [0.25, 0.3) is 0 Å². The van der Waals surface area contributed by atoms with E-state index in [4.69, 9.17) is 0 Å². The second-order valence-electron chi connectivity index (χ2n) is 2.93. The molecule has 0 amide bonds. The molecule has 1 nitrogen and oxygen atoms in total. The van der Waals surface area contributed by atoms with Crippen LogP contribution in [0, 0.1) is 11.8 Å². The van der Waals surface area contributed by atoms with Crippen molar-refractivity contribution in [3.63, 3.8) is 0 Å². The molecule has 0 aromatic rings. The molecule has 2 unspecified atom stereocenters. The Morgan fingerprint density at radius 1 is 1.27 bits per heavy atom. The van der Waals surface area contributed by atoms with Gasteiger partial charge in [-0.3, -0.25) is 0 Å². The van der Waals surface area contributed by atoms with E-state index in [1.807, 2.05) is 13.0 Å². The number of rotatable bonds is 2. The third kappa shape index (κ3) is 2.04. The van der Waals surface area contributed by atoms with Crippen molar-refractivity contribution in [1.29, 1.82) is 0 Å². The minimum atomic E-state index is 0.219. The maximum atomic E-state index is 10.6. The van der Waals surface area contributed by atoms with Crippen molar-refractivity contribution in [2.45, 2.75) is 19.8 Å². The monoisotopic (exact) mass is 150 g/mol. The van der Waals surface area contributed by atoms with Crippen LogP contribution in [0.4, 0.5) is 0 Å². The number of carbonyl (C=O) groups excluding carboxylic acids is 1. The van der Waals surface area contributed by atoms with Crippen molar-refractivity contribution in [2.75, 3.05) is 0 Å². The minimum Gasteiger partial charge on any atom is -0.303 e. The summed E-state index contributed by atoms with van der Waals surface area (Å²) in [6.45, 7) is 2.00. The van der Waals surface area contributed by atoms with Crippen molar-refractivity contribution < 1.29 is 4.79 Å². The summed E-state index contributed by atoms with van der Waals surface area (Å²) in [5.41, 5.74) is 0. The summed E-state index contributed by atoms with van der Waals surface area (Å²) >= 11 is 0. The predicted molar refractivity (Wildman–Crippen MR) is 46.2 cm³/mol. The molecule has 0 saturated heterocycles. The van der Waals surface area contributed by atoms with Crippen molar-refractivity contribution >= 4 is 6.29 Å². The highest BCUT2D eigenvalue weighted by Gasteiger charge is 2.18. The summed E-state index contributed by atoms with van der Waals surface area (Å²) in [7, 11) is 0. The first-order valence-corrected chi connectivity index (χ1v) is 4.11. The number of hydrogen-bond donors (Lipinski definition) is 0. The normalized spacial score (nSPS) is 31.0. The van der Waals surface area contributed by atoms with Gasteiger partial charge in [-0.1, -0.05) is 24.3 Å². The van der Waals surface area contributed by atoms with Crippen molar-refractivity contribution in [3.8, 4) is 0 Å². The largest absolute Gasteiger partial charge is 0.303 e. The molecule has 0 saturated carbocycles. The molecule has 0 N–H and O–H groups in total. The molecule has 1 aliphatic carbocycles. The average Bonchev–Trinajstić information content (AvgIpc) is 2.06. The Hall–Kier alpha value is -0.850. The fraction of sp³-hybridized carbons (Fsp3) is 0.500. The smallest absolute Gasteiger partial charge is 0.123 e. The molecule has 0 spiro atoms. The molecule has 2 atom stereocenters. The summed E-state index contributed by atoms with van der Waals surface area (Å²) in [4.78, 5) is 10.6. The maximum Gasteiger partial charge on any atom is 0.123 e. The third-order valence-corrected chi connectivity index (χ3v) is 2.15. The second kappa shape index (κ2) is 4.12. The maximum absolute atomic E-state index is 10.6. The first-order chi connectivity index (χ1) is 5.38. The van der Waals surface area contributed by atoms with Crippen molar-refractivity contribution in [1.82, 2.24) is 0 Å². The number of allylic oxidation sites excluding steroid dienone is 4. The van der Waals surface area contributed by atoms with Crippen LogP contribution < -0.4 is 0 Å². The number of hydrogen-bond acceptors (Lipinski definition) is 1. The Bertz CT molecular complexity index is 179. The van der Waals surface area contributed by atoms with Crippen LogP contribution in [-0.2, 0) is 4.79 Å². The first-order valence-electron chi connectivity index (χ1n) is 4.11. The predicted octanol–water partition coefficient (Wildman–Crippen LogP) is 2.34. The Labute approximate surface area is 67.8 Å². The summed E-state index contributed by atoms with van der Waals surface area (Å²) in [6.07, 6.45) is 11.4. The highest BCUT2D eigenvalue weighted by atomic mass is 16.1. The van der Waals surface area contributed by atoms with Crippen molar-refractivity contribution in [2.24, 2.45) is 11.8 Å². The first kappa shape index (κ1) is 8.25. The van der Waals surface area contributed by atoms with Crippen LogP contribution in [-0.4, -0.2) is 6.29 Å². The number of aldehydes is 1. The molecule has 1 heteroatoms. The lowest BCUT2D eigenvalue weighted by Gasteiger charge is -2.20. The molecular weight excluding hydrogens is 136 g/mol. The standard InChI is InChI=1S/C10H14O/c1-2-5-9-6-3-4-7-10(9)8-11/h2-5,8-10H,6-7H2,1H3/b5-2+. The number of carbonyl (C=O) groups is 1. The van der Waals surface area contributed by atoms with Crippen LogP contribution in [0.3, 0.4) is 0 Å². The van der Waals surface area contributed by atoms with Gasteiger partial charge in [0.1, 0.15) is 6.29 Å². The SMILES string of the molecule is C/C=C/C1CC=CCC1C=O. The summed E-state index contributed by atoms with van der Waals surface area (Å²) in [6, 6.07) is 0. The quantitative estimate of drug-likeness (QED) is 0.436. The molecule has 1 aliphatic rings. The second-order valence-corrected chi connectivity index (χ2v) is 2.93. The highest BCUT2D eigenvalue weighted by molar-refractivity contribution is 5.55. The van der Waals surface area contributed by atoms with E-state index in [0.29, 0.717) is 5.92 Å². The van der Waals surface area contributed by atoms with Gasteiger partial charge < -0.3 is 4.79 Å². The zero-order valence-electron chi connectivity index (χ0n) is 6.86. The van der Waals surface area contributed by atoms with E-state index >= 15 is 0 Å². The molecule has 1 rings (SSSR count). The van der Waals surface area contributed by atoms with E-state index < -0.39 is 0 Å². The van der Waals surface area contributed by atoms with E-state index in [2.05, 4.69) is 18.2 Å². The Morgan fingerprint density at radius 3 is 2.45 bits per heavy atom. The lowest BCUT2D eigenvalue weighted by molar-refractivity contribution is -0.112. The molecule has 0 heterocycles. The summed E-state index contributed by atoms with van der Waals surface area (Å²) in [5.74, 6) is 0.665. The molecule has 60 valence electrons. The summed E-state index contributed by atoms with van der Waals surface area (Å²) in [5, 5.41) is 0. The minimum absolute atomic E-state index is 0.219. The molecule has 0 aliphatic heterocycles. The Morgan fingerprint density at radius 2 is 1.91 bits per heavy atom. The van der Waals surface area contributed by atoms with Gasteiger partial charge >= 0.3 is 0 Å². The van der Waals surface area contributed by atoms with Gasteiger partial charge in [0, 0.05) is 5.92 Å². The Balaban J connectivity index is 2.60. The zero-order valence-corrected chi connectivity index (χ0v) is 6.86. The fourth-order valence-corrected chi connectivity index (χ4v) is 1.48.